The van der Waals surface area contributed by atoms with E-state index in [2.05, 4.69) is 65.3 Å². The van der Waals surface area contributed by atoms with Crippen molar-refractivity contribution in [3.8, 4) is 133 Å². The van der Waals surface area contributed by atoms with Crippen molar-refractivity contribution in [2.75, 3.05) is 33.5 Å². The Morgan fingerprint density at radius 1 is 0.377 bits per heavy atom. The molecular formula is C111H130FN11O18P2S3. The summed E-state index contributed by atoms with van der Waals surface area (Å²) in [6.45, 7) is 16.8. The van der Waals surface area contributed by atoms with Crippen LogP contribution in [0.15, 0.2) is 163 Å². The molecule has 29 nitrogen and oxygen atoms in total. The maximum absolute atomic E-state index is 12.9. The molecule has 0 fully saturated rings. The fourth-order valence-electron chi connectivity index (χ4n) is 14.6. The summed E-state index contributed by atoms with van der Waals surface area (Å²) in [7, 11) is -2.51. The molecule has 5 aromatic carbocycles. The predicted molar refractivity (Wildman–Crippen MR) is 558 cm³/mol. The number of methoxy groups -OCH3 is 1. The number of halogens is 1. The number of rotatable bonds is 55. The number of ketones is 4. The first-order valence-corrected chi connectivity index (χ1v) is 53.6. The summed E-state index contributed by atoms with van der Waals surface area (Å²) in [5, 5.41) is 96.6. The van der Waals surface area contributed by atoms with E-state index in [0.717, 1.165) is 19.2 Å². The Bertz CT molecular complexity index is 5670. The lowest BCUT2D eigenvalue weighted by atomic mass is 9.70. The Labute approximate surface area is 872 Å². The molecule has 0 N–H and O–H groups in total. The highest BCUT2D eigenvalue weighted by atomic mass is 32.5. The van der Waals surface area contributed by atoms with Crippen LogP contribution in [0.4, 0.5) is 4.39 Å². The number of ether oxygens (including phenoxy) is 4. The van der Waals surface area contributed by atoms with Crippen LogP contribution in [0, 0.1) is 207 Å². The van der Waals surface area contributed by atoms with Crippen molar-refractivity contribution in [3.05, 3.63) is 170 Å². The molecule has 0 amide bonds. The third kappa shape index (κ3) is 42.8. The predicted octanol–water partition coefficient (Wildman–Crippen LogP) is 22.9. The van der Waals surface area contributed by atoms with Gasteiger partial charge in [-0.3, -0.25) is 38.4 Å². The molecule has 5 rings (SSSR count). The van der Waals surface area contributed by atoms with Gasteiger partial charge in [-0.05, 0) is 249 Å². The normalized spacial score (nSPS) is 12.2. The molecule has 146 heavy (non-hydrogen) atoms. The molecule has 0 heterocycles. The summed E-state index contributed by atoms with van der Waals surface area (Å²) in [6, 6.07) is 60.9. The van der Waals surface area contributed by atoms with Crippen LogP contribution in [0.3, 0.4) is 0 Å². The Hall–Kier alpha value is -14.0. The van der Waals surface area contributed by atoms with E-state index in [4.69, 9.17) is 129 Å². The topological polar surface area (TPSA) is 506 Å². The van der Waals surface area contributed by atoms with Crippen LogP contribution in [0.25, 0.3) is 0 Å². The standard InChI is InChI=1S/C21H18N2O4.C18H18N2O.C17H32N2O4P2S2.C16H15FN2O4.C16H17NO2S.C12H15NO2.C11H15NO/c22-15-7-13-21(14-8-16-23,19(24)26-17-9-3-1-4-10-17)20(25)27-18-11-5-2-6-12-18;1-2-3-11-18(12-7-14-19,13-8-15-20)17(21)16-9-5-4-6-10-16;1-7-20-24(26,21-8-2)16(5,14-18)12-11-13-17(6,15-19)25(27,22-9-3)23-10-4;1-22-14(20)16(8-2-10-18,9-3-11-19)15(21)23-13-6-4-12(17)5-7-13;1-3-5-12-16(4-2,13-9-14-17)20(18,19)15-10-7-6-8-11-15;1-4-5-7-12(10(2)14,11(3)15)8-6-9-13;1-4-5-7-11(3,10(2)13)8-6-9-12/h1-6,9-12H,7-8,13-14H2;1,4-6,9-10H,3,7-8,11-13H2;7-13H2,1-6H3;4-7H,2-3,8-9H2,1H3;1,4,6-8,10-11H,2,5,9,12-13H2;1H,5-8H2,2-3H3;1H,5-8H2,2-3H3. The average molecular weight is 2080 g/mol. The van der Waals surface area contributed by atoms with Crippen molar-refractivity contribution in [1.82, 2.24) is 0 Å². The zero-order valence-corrected chi connectivity index (χ0v) is 89.3. The molecular weight excluding hydrogens is 1950 g/mol. The number of hydrogen-bond donors (Lipinski definition) is 0. The maximum Gasteiger partial charge on any atom is 0.328 e. The van der Waals surface area contributed by atoms with Gasteiger partial charge in [0, 0.05) is 99.9 Å². The van der Waals surface area contributed by atoms with Crippen molar-refractivity contribution >= 4 is 93.4 Å². The zero-order valence-electron chi connectivity index (χ0n) is 85.0. The van der Waals surface area contributed by atoms with Crippen LogP contribution in [0.1, 0.15) is 266 Å². The minimum atomic E-state index is -3.62. The maximum atomic E-state index is 12.9. The molecule has 0 aliphatic carbocycles. The van der Waals surface area contributed by atoms with E-state index in [9.17, 15) is 61.7 Å². The molecule has 0 aliphatic rings. The Morgan fingerprint density at radius 2 is 0.651 bits per heavy atom. The number of carbonyl (C=O) groups is 8. The minimum absolute atomic E-state index is 0.0103. The van der Waals surface area contributed by atoms with E-state index >= 15 is 0 Å². The quantitative estimate of drug-likeness (QED) is 0.00663. The van der Waals surface area contributed by atoms with Gasteiger partial charge >= 0.3 is 23.9 Å². The van der Waals surface area contributed by atoms with E-state index in [1.54, 1.807) is 124 Å². The van der Waals surface area contributed by atoms with Gasteiger partial charge in [-0.2, -0.15) is 57.9 Å². The summed E-state index contributed by atoms with van der Waals surface area (Å²) < 4.78 is 80.9. The summed E-state index contributed by atoms with van der Waals surface area (Å²) >= 11 is 11.3. The monoisotopic (exact) mass is 2080 g/mol. The third-order valence-corrected chi connectivity index (χ3v) is 35.4. The number of esters is 4. The lowest BCUT2D eigenvalue weighted by Gasteiger charge is -2.36. The highest BCUT2D eigenvalue weighted by molar-refractivity contribution is 8.11. The summed E-state index contributed by atoms with van der Waals surface area (Å²) in [6.07, 6.45) is 29.9. The van der Waals surface area contributed by atoms with Crippen LogP contribution in [0.2, 0.25) is 0 Å². The summed E-state index contributed by atoms with van der Waals surface area (Å²) in [4.78, 5) is 98.0. The van der Waals surface area contributed by atoms with Crippen molar-refractivity contribution in [2.45, 2.75) is 275 Å². The lowest BCUT2D eigenvalue weighted by Crippen LogP contribution is -2.44. The molecule has 0 saturated carbocycles. The lowest BCUT2D eigenvalue weighted by molar-refractivity contribution is -0.167. The molecule has 0 bridgehead atoms. The van der Waals surface area contributed by atoms with Gasteiger partial charge in [0.2, 0.25) is 13.0 Å². The zero-order chi connectivity index (χ0) is 111. The molecule has 0 aromatic heterocycles. The van der Waals surface area contributed by atoms with Gasteiger partial charge in [-0.15, -0.1) is 56.0 Å². The number of nitriles is 11. The van der Waals surface area contributed by atoms with Gasteiger partial charge in [-0.1, -0.05) is 97.9 Å². The van der Waals surface area contributed by atoms with Crippen LogP contribution >= 0.6 is 13.0 Å². The number of hydrogen-bond acceptors (Lipinski definition) is 31. The first-order valence-electron chi connectivity index (χ1n) is 46.9. The first-order chi connectivity index (χ1) is 69.5. The van der Waals surface area contributed by atoms with Crippen LogP contribution in [-0.2, 0) is 89.8 Å². The van der Waals surface area contributed by atoms with Crippen molar-refractivity contribution in [1.29, 1.82) is 57.9 Å². The van der Waals surface area contributed by atoms with E-state index < -0.39 is 94.6 Å². The fraction of sp³-hybridized carbons (Fsp3) is 0.468. The Morgan fingerprint density at radius 3 is 0.973 bits per heavy atom. The Kier molecular flexibility index (Phi) is 66.4. The molecule has 5 aromatic rings. The van der Waals surface area contributed by atoms with Crippen molar-refractivity contribution < 1.29 is 88.2 Å². The molecule has 35 heteroatoms. The minimum Gasteiger partial charge on any atom is -0.468 e. The van der Waals surface area contributed by atoms with E-state index in [-0.39, 0.29) is 142 Å². The number of carbonyl (C=O) groups excluding carboxylic acids is 8. The molecule has 0 aliphatic heterocycles. The van der Waals surface area contributed by atoms with Gasteiger partial charge in [-0.25, -0.2) is 12.8 Å². The summed E-state index contributed by atoms with van der Waals surface area (Å²) in [5.41, 5.74) is -5.01. The summed E-state index contributed by atoms with van der Waals surface area (Å²) in [5.74, 6) is 6.33. The largest absolute Gasteiger partial charge is 0.468 e. The highest BCUT2D eigenvalue weighted by Gasteiger charge is 2.52. The molecule has 4 atom stereocenters. The van der Waals surface area contributed by atoms with Crippen molar-refractivity contribution in [3.63, 3.8) is 0 Å². The SMILES string of the molecule is C#CCCC(C)(CCC#N)C(C)=O.C#CCCC(C=C)(CCC#N)S(=O)(=O)c1ccccc1.C#CCCC(CCC#N)(C(C)=O)C(C)=O.C#CCCC(CCC#N)(CCC#N)C(=O)c1ccccc1.CCOP(=S)(OCC)C(C)(C#N)CCCC(C)(C#N)P(=S)(OCC)OCC.COC(=O)C(CCC#N)(CCC#N)C(=O)Oc1ccc(F)cc1.N#CCCC(CCC#N)(C(=O)Oc1ccccc1)C(=O)Oc1ccccc1. The fourth-order valence-corrected chi connectivity index (χ4v) is 22.4. The second kappa shape index (κ2) is 72.3. The van der Waals surface area contributed by atoms with E-state index in [1.165, 1.54) is 32.1 Å². The van der Waals surface area contributed by atoms with Crippen LogP contribution in [-0.4, -0.2) is 104 Å². The van der Waals surface area contributed by atoms with Gasteiger partial charge in [0.05, 0.1) is 115 Å². The molecule has 0 radical (unpaired) electrons. The Balaban J connectivity index is 0. The molecule has 0 saturated heterocycles. The number of nitrogens with zero attached hydrogens (tertiary/aromatic N) is 11. The number of terminal acetylenes is 4. The van der Waals surface area contributed by atoms with Crippen LogP contribution in [0.5, 0.6) is 17.2 Å². The van der Waals surface area contributed by atoms with Gasteiger partial charge in [0.1, 0.15) is 50.7 Å². The van der Waals surface area contributed by atoms with E-state index in [1.807, 2.05) is 89.2 Å². The van der Waals surface area contributed by atoms with Gasteiger partial charge < -0.3 is 37.0 Å². The highest BCUT2D eigenvalue weighted by Crippen LogP contribution is 2.65. The van der Waals surface area contributed by atoms with Crippen molar-refractivity contribution in [2.24, 2.45) is 27.1 Å². The average Bonchev–Trinajstić information content (AvgIpc) is 0.751. The van der Waals surface area contributed by atoms with Gasteiger partial charge in [0.15, 0.2) is 26.5 Å². The molecule has 4 unspecified atom stereocenters. The molecule has 0 spiro atoms. The van der Waals surface area contributed by atoms with Crippen LogP contribution < -0.4 is 14.2 Å². The second-order valence-corrected chi connectivity index (χ2v) is 43.5. The number of sulfone groups is 1. The number of Topliss-reactive ketones (excluding diaryl/α,β-unsaturated/α-hetero) is 4. The smallest absolute Gasteiger partial charge is 0.328 e. The molecule has 772 valence electrons. The first kappa shape index (κ1) is 134. The van der Waals surface area contributed by atoms with Gasteiger partial charge in [0.25, 0.3) is 0 Å². The number of benzene rings is 5. The second-order valence-electron chi connectivity index (χ2n) is 33.3. The number of para-hydroxylation sites is 2. The van der Waals surface area contributed by atoms with E-state index in [0.29, 0.717) is 122 Å². The third-order valence-electron chi connectivity index (χ3n) is 23.7.